The van der Waals surface area contributed by atoms with Crippen molar-refractivity contribution in [1.29, 1.82) is 0 Å². The first-order valence-corrected chi connectivity index (χ1v) is 6.97. The van der Waals surface area contributed by atoms with Gasteiger partial charge in [-0.2, -0.15) is 0 Å². The fraction of sp³-hybridized carbons (Fsp3) is 0.333. The molecule has 116 valence electrons. The van der Waals surface area contributed by atoms with Crippen LogP contribution in [0.5, 0.6) is 0 Å². The van der Waals surface area contributed by atoms with Crippen molar-refractivity contribution in [2.75, 3.05) is 5.32 Å². The Balaban J connectivity index is 2.18. The highest BCUT2D eigenvalue weighted by Crippen LogP contribution is 2.36. The molecule has 2 N–H and O–H groups in total. The number of fused-ring (bicyclic) bond motifs is 1. The summed E-state index contributed by atoms with van der Waals surface area (Å²) >= 11 is 0. The number of amides is 1. The quantitative estimate of drug-likeness (QED) is 0.895. The second kappa shape index (κ2) is 5.08. The first-order valence-electron chi connectivity index (χ1n) is 6.97. The van der Waals surface area contributed by atoms with Crippen LogP contribution in [0.25, 0.3) is 0 Å². The highest BCUT2D eigenvalue weighted by Gasteiger charge is 2.33. The number of H-pyrrole nitrogens is 1. The molecule has 1 amide bonds. The molecule has 5 nitrogen and oxygen atoms in total. The van der Waals surface area contributed by atoms with Crippen LogP contribution in [-0.2, 0) is 4.79 Å². The molecule has 0 bridgehead atoms. The first-order chi connectivity index (χ1) is 10.4. The van der Waals surface area contributed by atoms with Gasteiger partial charge < -0.3 is 5.32 Å². The minimum Gasteiger partial charge on any atom is -0.311 e. The highest BCUT2D eigenvalue weighted by atomic mass is 19.2. The molecule has 22 heavy (non-hydrogen) atoms. The number of aromatic nitrogens is 2. The maximum Gasteiger partial charge on any atom is 0.270 e. The number of carbonyl (C=O) groups excluding carboxylic acids is 1. The van der Waals surface area contributed by atoms with Crippen LogP contribution in [0, 0.1) is 11.6 Å². The van der Waals surface area contributed by atoms with Crippen LogP contribution in [0.3, 0.4) is 0 Å². The lowest BCUT2D eigenvalue weighted by molar-refractivity contribution is -0.116. The molecular formula is C15H15F2N3O2. The van der Waals surface area contributed by atoms with E-state index in [4.69, 9.17) is 0 Å². The lowest BCUT2D eigenvalue weighted by Crippen LogP contribution is -2.27. The summed E-state index contributed by atoms with van der Waals surface area (Å²) in [6, 6.07) is 3.39. The maximum absolute atomic E-state index is 13.5. The van der Waals surface area contributed by atoms with Gasteiger partial charge in [-0.1, -0.05) is 6.07 Å². The third kappa shape index (κ3) is 2.22. The monoisotopic (exact) mass is 307 g/mol. The van der Waals surface area contributed by atoms with Crippen molar-refractivity contribution in [2.24, 2.45) is 0 Å². The van der Waals surface area contributed by atoms with Crippen molar-refractivity contribution < 1.29 is 13.6 Å². The molecule has 0 saturated carbocycles. The van der Waals surface area contributed by atoms with E-state index in [9.17, 15) is 18.4 Å². The number of aromatic amines is 1. The third-order valence-corrected chi connectivity index (χ3v) is 3.82. The number of hydrogen-bond donors (Lipinski definition) is 2. The number of anilines is 1. The van der Waals surface area contributed by atoms with Crippen LogP contribution in [-0.4, -0.2) is 15.7 Å². The molecule has 0 radical (unpaired) electrons. The molecule has 7 heteroatoms. The van der Waals surface area contributed by atoms with Crippen LogP contribution in [0.15, 0.2) is 23.0 Å². The Morgan fingerprint density at radius 2 is 1.95 bits per heavy atom. The summed E-state index contributed by atoms with van der Waals surface area (Å²) in [6.07, 6.45) is 0.0171. The normalized spacial score (nSPS) is 17.5. The molecule has 0 unspecified atom stereocenters. The molecule has 0 fully saturated rings. The Morgan fingerprint density at radius 1 is 1.23 bits per heavy atom. The SMILES string of the molecule is CC(C)n1[nH]c(=O)c2c1NC(=O)C[C@@H]2c1ccc(F)c(F)c1. The molecule has 0 aliphatic carbocycles. The number of carbonyl (C=O) groups is 1. The van der Waals surface area contributed by atoms with Gasteiger partial charge in [-0.3, -0.25) is 19.4 Å². The molecule has 1 aromatic carbocycles. The lowest BCUT2D eigenvalue weighted by Gasteiger charge is -2.24. The fourth-order valence-corrected chi connectivity index (χ4v) is 2.79. The minimum atomic E-state index is -0.996. The average molecular weight is 307 g/mol. The van der Waals surface area contributed by atoms with Gasteiger partial charge in [0.25, 0.3) is 5.56 Å². The van der Waals surface area contributed by atoms with E-state index in [1.165, 1.54) is 6.07 Å². The van der Waals surface area contributed by atoms with E-state index in [0.29, 0.717) is 16.9 Å². The van der Waals surface area contributed by atoms with E-state index in [2.05, 4.69) is 10.4 Å². The number of rotatable bonds is 2. The third-order valence-electron chi connectivity index (χ3n) is 3.82. The van der Waals surface area contributed by atoms with Gasteiger partial charge in [-0.25, -0.2) is 8.78 Å². The Kier molecular flexibility index (Phi) is 3.35. The zero-order valence-corrected chi connectivity index (χ0v) is 12.1. The van der Waals surface area contributed by atoms with Gasteiger partial charge >= 0.3 is 0 Å². The van der Waals surface area contributed by atoms with E-state index in [-0.39, 0.29) is 23.9 Å². The Bertz CT molecular complexity index is 808. The fourth-order valence-electron chi connectivity index (χ4n) is 2.79. The summed E-state index contributed by atoms with van der Waals surface area (Å²) in [5, 5.41) is 5.36. The minimum absolute atomic E-state index is 0.0171. The molecule has 1 aliphatic rings. The van der Waals surface area contributed by atoms with Crippen molar-refractivity contribution in [3.05, 3.63) is 51.3 Å². The maximum atomic E-state index is 13.5. The number of nitrogens with one attached hydrogen (secondary N) is 2. The molecule has 1 aromatic heterocycles. The van der Waals surface area contributed by atoms with Gasteiger partial charge in [0.15, 0.2) is 11.6 Å². The summed E-state index contributed by atoms with van der Waals surface area (Å²) in [6.45, 7) is 3.73. The molecule has 1 atom stereocenters. The molecule has 0 saturated heterocycles. The van der Waals surface area contributed by atoms with E-state index in [0.717, 1.165) is 12.1 Å². The molecule has 2 aromatic rings. The second-order valence-corrected chi connectivity index (χ2v) is 5.65. The number of benzene rings is 1. The summed E-state index contributed by atoms with van der Waals surface area (Å²) in [7, 11) is 0. The van der Waals surface area contributed by atoms with E-state index in [1.807, 2.05) is 13.8 Å². The van der Waals surface area contributed by atoms with Crippen LogP contribution in [0.2, 0.25) is 0 Å². The average Bonchev–Trinajstić information content (AvgIpc) is 2.78. The molecule has 0 spiro atoms. The van der Waals surface area contributed by atoms with Crippen molar-refractivity contribution in [1.82, 2.24) is 9.78 Å². The molecule has 3 rings (SSSR count). The van der Waals surface area contributed by atoms with Crippen LogP contribution in [0.1, 0.15) is 43.4 Å². The Labute approximate surface area is 124 Å². The number of halogens is 2. The number of nitrogens with zero attached hydrogens (tertiary/aromatic N) is 1. The standard InChI is InChI=1S/C15H15F2N3O2/c1-7(2)20-14-13(15(22)19-20)9(6-12(21)18-14)8-3-4-10(16)11(17)5-8/h3-5,7,9H,6H2,1-2H3,(H,18,21)(H,19,22)/t9-/m1/s1. The van der Waals surface area contributed by atoms with Crippen molar-refractivity contribution >= 4 is 11.7 Å². The largest absolute Gasteiger partial charge is 0.311 e. The van der Waals surface area contributed by atoms with Crippen LogP contribution < -0.4 is 10.9 Å². The van der Waals surface area contributed by atoms with Gasteiger partial charge in [0.2, 0.25) is 5.91 Å². The van der Waals surface area contributed by atoms with Gasteiger partial charge in [0.1, 0.15) is 5.82 Å². The smallest absolute Gasteiger partial charge is 0.270 e. The zero-order valence-electron chi connectivity index (χ0n) is 12.1. The van der Waals surface area contributed by atoms with Gasteiger partial charge in [-0.15, -0.1) is 0 Å². The van der Waals surface area contributed by atoms with E-state index >= 15 is 0 Å². The summed E-state index contributed by atoms with van der Waals surface area (Å²) < 4.78 is 28.1. The summed E-state index contributed by atoms with van der Waals surface area (Å²) in [4.78, 5) is 24.2. The highest BCUT2D eigenvalue weighted by molar-refractivity contribution is 5.94. The van der Waals surface area contributed by atoms with Crippen LogP contribution >= 0.6 is 0 Å². The molecule has 1 aliphatic heterocycles. The zero-order chi connectivity index (χ0) is 16.0. The summed E-state index contributed by atoms with van der Waals surface area (Å²) in [5.41, 5.74) is 0.444. The van der Waals surface area contributed by atoms with Crippen molar-refractivity contribution in [2.45, 2.75) is 32.2 Å². The van der Waals surface area contributed by atoms with Gasteiger partial charge in [-0.05, 0) is 31.5 Å². The van der Waals surface area contributed by atoms with E-state index < -0.39 is 17.6 Å². The first kappa shape index (κ1) is 14.5. The van der Waals surface area contributed by atoms with Gasteiger partial charge in [0.05, 0.1) is 5.56 Å². The summed E-state index contributed by atoms with van der Waals surface area (Å²) in [5.74, 6) is -2.42. The predicted molar refractivity (Wildman–Crippen MR) is 76.9 cm³/mol. The van der Waals surface area contributed by atoms with Crippen molar-refractivity contribution in [3.8, 4) is 0 Å². The topological polar surface area (TPSA) is 66.9 Å². The molecule has 2 heterocycles. The van der Waals surface area contributed by atoms with E-state index in [1.54, 1.807) is 4.68 Å². The van der Waals surface area contributed by atoms with Crippen LogP contribution in [0.4, 0.5) is 14.6 Å². The lowest BCUT2D eigenvalue weighted by atomic mass is 9.87. The van der Waals surface area contributed by atoms with Gasteiger partial charge in [0, 0.05) is 18.4 Å². The Morgan fingerprint density at radius 3 is 2.59 bits per heavy atom. The number of hydrogen-bond acceptors (Lipinski definition) is 2. The Hall–Kier alpha value is -2.44. The second-order valence-electron chi connectivity index (χ2n) is 5.65. The molecular weight excluding hydrogens is 292 g/mol. The predicted octanol–water partition coefficient (Wildman–Crippen LogP) is 2.51. The van der Waals surface area contributed by atoms with Crippen molar-refractivity contribution in [3.63, 3.8) is 0 Å².